The number of likely N-dealkylation sites (N-methyl/N-ethyl adjacent to an activating group) is 1. The number of amides is 2. The van der Waals surface area contributed by atoms with Crippen LogP contribution in [0.5, 0.6) is 0 Å². The molecule has 8 nitrogen and oxygen atoms in total. The number of carbonyl (C=O) groups excluding carboxylic acids is 2. The standard InChI is InChI=1S/C23H34N6O2/c1-5-20(30)25-21-17(2)26-29(19-9-7-6-8-10-19)23(21)28-14-11-18(12-15-28)22(31)24-13-16-27(3)4/h6-10,18H,5,11-16H2,1-4H3,(H,24,31)(H,25,30). The fourth-order valence-electron chi connectivity index (χ4n) is 3.83. The van der Waals surface area contributed by atoms with E-state index in [9.17, 15) is 9.59 Å². The lowest BCUT2D eigenvalue weighted by Crippen LogP contribution is -2.42. The number of rotatable bonds is 8. The molecule has 1 aromatic heterocycles. The molecule has 0 radical (unpaired) electrons. The summed E-state index contributed by atoms with van der Waals surface area (Å²) in [5, 5.41) is 10.8. The Kier molecular flexibility index (Phi) is 7.68. The van der Waals surface area contributed by atoms with Crippen molar-refractivity contribution in [2.75, 3.05) is 50.5 Å². The number of benzene rings is 1. The summed E-state index contributed by atoms with van der Waals surface area (Å²) in [6.07, 6.45) is 1.95. The third-order valence-corrected chi connectivity index (χ3v) is 5.65. The summed E-state index contributed by atoms with van der Waals surface area (Å²) in [6, 6.07) is 9.94. The second kappa shape index (κ2) is 10.4. The summed E-state index contributed by atoms with van der Waals surface area (Å²) in [5.41, 5.74) is 2.48. The lowest BCUT2D eigenvalue weighted by Gasteiger charge is -2.33. The van der Waals surface area contributed by atoms with Gasteiger partial charge in [-0.25, -0.2) is 4.68 Å². The maximum absolute atomic E-state index is 12.5. The van der Waals surface area contributed by atoms with Gasteiger partial charge in [-0.05, 0) is 46.0 Å². The molecule has 1 fully saturated rings. The van der Waals surface area contributed by atoms with Crippen LogP contribution < -0.4 is 15.5 Å². The topological polar surface area (TPSA) is 82.5 Å². The lowest BCUT2D eigenvalue weighted by atomic mass is 9.96. The molecular formula is C23H34N6O2. The minimum atomic E-state index is -0.0351. The van der Waals surface area contributed by atoms with E-state index in [1.165, 1.54) is 0 Å². The minimum Gasteiger partial charge on any atom is -0.355 e. The van der Waals surface area contributed by atoms with E-state index in [0.29, 0.717) is 13.0 Å². The Bertz CT molecular complexity index is 885. The molecule has 0 spiro atoms. The van der Waals surface area contributed by atoms with Crippen LogP contribution in [0.3, 0.4) is 0 Å². The van der Waals surface area contributed by atoms with Gasteiger partial charge in [0, 0.05) is 38.5 Å². The van der Waals surface area contributed by atoms with Crippen molar-refractivity contribution in [1.82, 2.24) is 20.0 Å². The normalized spacial score (nSPS) is 14.7. The van der Waals surface area contributed by atoms with E-state index in [4.69, 9.17) is 5.10 Å². The van der Waals surface area contributed by atoms with Crippen LogP contribution in [0, 0.1) is 12.8 Å². The second-order valence-electron chi connectivity index (χ2n) is 8.29. The zero-order valence-electron chi connectivity index (χ0n) is 19.0. The highest BCUT2D eigenvalue weighted by atomic mass is 16.2. The molecule has 0 atom stereocenters. The van der Waals surface area contributed by atoms with Gasteiger partial charge in [-0.15, -0.1) is 0 Å². The first-order chi connectivity index (χ1) is 14.9. The van der Waals surface area contributed by atoms with E-state index in [2.05, 4.69) is 20.4 Å². The maximum atomic E-state index is 12.5. The van der Waals surface area contributed by atoms with Crippen LogP contribution in [0.1, 0.15) is 31.9 Å². The summed E-state index contributed by atoms with van der Waals surface area (Å²) in [4.78, 5) is 29.0. The second-order valence-corrected chi connectivity index (χ2v) is 8.29. The molecule has 2 N–H and O–H groups in total. The van der Waals surface area contributed by atoms with Crippen LogP contribution in [-0.2, 0) is 9.59 Å². The van der Waals surface area contributed by atoms with Crippen molar-refractivity contribution in [3.05, 3.63) is 36.0 Å². The molecule has 8 heteroatoms. The monoisotopic (exact) mass is 426 g/mol. The zero-order chi connectivity index (χ0) is 22.4. The Hall–Kier alpha value is -2.87. The third kappa shape index (κ3) is 5.64. The summed E-state index contributed by atoms with van der Waals surface area (Å²) < 4.78 is 1.90. The third-order valence-electron chi connectivity index (χ3n) is 5.65. The van der Waals surface area contributed by atoms with E-state index < -0.39 is 0 Å². The predicted octanol–water partition coefficient (Wildman–Crippen LogP) is 2.42. The molecular weight excluding hydrogens is 392 g/mol. The van der Waals surface area contributed by atoms with Crippen molar-refractivity contribution in [1.29, 1.82) is 0 Å². The van der Waals surface area contributed by atoms with Crippen molar-refractivity contribution < 1.29 is 9.59 Å². The summed E-state index contributed by atoms with van der Waals surface area (Å²) in [7, 11) is 3.99. The van der Waals surface area contributed by atoms with Gasteiger partial charge in [0.15, 0.2) is 5.82 Å². The van der Waals surface area contributed by atoms with Gasteiger partial charge in [-0.2, -0.15) is 5.10 Å². The number of para-hydroxylation sites is 1. The van der Waals surface area contributed by atoms with Crippen molar-refractivity contribution in [3.8, 4) is 5.69 Å². The first kappa shape index (κ1) is 22.8. The predicted molar refractivity (Wildman–Crippen MR) is 124 cm³/mol. The Morgan fingerprint density at radius 3 is 2.45 bits per heavy atom. The molecule has 1 aliphatic heterocycles. The summed E-state index contributed by atoms with van der Waals surface area (Å²) in [6.45, 7) is 6.73. The molecule has 1 aromatic carbocycles. The summed E-state index contributed by atoms with van der Waals surface area (Å²) in [5.74, 6) is 0.999. The Labute approximate surface area is 184 Å². The van der Waals surface area contributed by atoms with Gasteiger partial charge in [0.05, 0.1) is 11.4 Å². The smallest absolute Gasteiger partial charge is 0.224 e. The zero-order valence-corrected chi connectivity index (χ0v) is 19.0. The highest BCUT2D eigenvalue weighted by Gasteiger charge is 2.29. The van der Waals surface area contributed by atoms with E-state index in [-0.39, 0.29) is 17.7 Å². The Morgan fingerprint density at radius 2 is 1.84 bits per heavy atom. The first-order valence-corrected chi connectivity index (χ1v) is 11.0. The molecule has 1 saturated heterocycles. The molecule has 2 heterocycles. The average molecular weight is 427 g/mol. The molecule has 0 aliphatic carbocycles. The van der Waals surface area contributed by atoms with Gasteiger partial charge in [-0.1, -0.05) is 25.1 Å². The van der Waals surface area contributed by atoms with E-state index >= 15 is 0 Å². The number of hydrogen-bond acceptors (Lipinski definition) is 5. The van der Waals surface area contributed by atoms with E-state index in [1.54, 1.807) is 0 Å². The molecule has 1 aliphatic rings. The highest BCUT2D eigenvalue weighted by Crippen LogP contribution is 2.35. The number of nitrogens with one attached hydrogen (secondary N) is 2. The Balaban J connectivity index is 1.78. The molecule has 0 bridgehead atoms. The largest absolute Gasteiger partial charge is 0.355 e. The molecule has 168 valence electrons. The van der Waals surface area contributed by atoms with Crippen molar-refractivity contribution in [3.63, 3.8) is 0 Å². The molecule has 31 heavy (non-hydrogen) atoms. The molecule has 0 saturated carbocycles. The van der Waals surface area contributed by atoms with Crippen LogP contribution in [0.25, 0.3) is 5.69 Å². The first-order valence-electron chi connectivity index (χ1n) is 11.0. The van der Waals surface area contributed by atoms with Gasteiger partial charge in [0.1, 0.15) is 5.69 Å². The van der Waals surface area contributed by atoms with Crippen LogP contribution >= 0.6 is 0 Å². The molecule has 2 aromatic rings. The fraction of sp³-hybridized carbons (Fsp3) is 0.522. The molecule has 3 rings (SSSR count). The van der Waals surface area contributed by atoms with Crippen LogP contribution in [0.4, 0.5) is 11.5 Å². The Morgan fingerprint density at radius 1 is 1.16 bits per heavy atom. The number of aromatic nitrogens is 2. The van der Waals surface area contributed by atoms with Crippen molar-refractivity contribution in [2.24, 2.45) is 5.92 Å². The van der Waals surface area contributed by atoms with Crippen LogP contribution in [-0.4, -0.2) is 66.8 Å². The number of anilines is 2. The van der Waals surface area contributed by atoms with Gasteiger partial charge < -0.3 is 20.4 Å². The van der Waals surface area contributed by atoms with E-state index in [0.717, 1.165) is 55.4 Å². The highest BCUT2D eigenvalue weighted by molar-refractivity contribution is 5.94. The summed E-state index contributed by atoms with van der Waals surface area (Å²) >= 11 is 0. The lowest BCUT2D eigenvalue weighted by molar-refractivity contribution is -0.125. The number of piperidine rings is 1. The van der Waals surface area contributed by atoms with Gasteiger partial charge >= 0.3 is 0 Å². The van der Waals surface area contributed by atoms with Crippen molar-refractivity contribution in [2.45, 2.75) is 33.1 Å². The van der Waals surface area contributed by atoms with E-state index in [1.807, 2.05) is 63.0 Å². The number of hydrogen-bond donors (Lipinski definition) is 2. The number of aryl methyl sites for hydroxylation is 1. The molecule has 0 unspecified atom stereocenters. The van der Waals surface area contributed by atoms with Crippen LogP contribution in [0.2, 0.25) is 0 Å². The van der Waals surface area contributed by atoms with Gasteiger partial charge in [-0.3, -0.25) is 9.59 Å². The maximum Gasteiger partial charge on any atom is 0.224 e. The van der Waals surface area contributed by atoms with Gasteiger partial charge in [0.2, 0.25) is 11.8 Å². The van der Waals surface area contributed by atoms with Crippen molar-refractivity contribution >= 4 is 23.3 Å². The molecule has 2 amide bonds. The average Bonchev–Trinajstić information content (AvgIpc) is 3.10. The van der Waals surface area contributed by atoms with Crippen LogP contribution in [0.15, 0.2) is 30.3 Å². The minimum absolute atomic E-state index is 0.0151. The number of nitrogens with zero attached hydrogens (tertiary/aromatic N) is 4. The van der Waals surface area contributed by atoms with Gasteiger partial charge in [0.25, 0.3) is 0 Å². The fourth-order valence-corrected chi connectivity index (χ4v) is 3.83. The quantitative estimate of drug-likeness (QED) is 0.678. The number of carbonyl (C=O) groups is 2. The SMILES string of the molecule is CCC(=O)Nc1c(C)nn(-c2ccccc2)c1N1CCC(C(=O)NCCN(C)C)CC1.